The number of nitrogens with one attached hydrogen (secondary N) is 1. The van der Waals surface area contributed by atoms with Gasteiger partial charge in [0.15, 0.2) is 0 Å². The first-order chi connectivity index (χ1) is 9.82. The van der Waals surface area contributed by atoms with Crippen LogP contribution in [0, 0.1) is 13.8 Å². The standard InChI is InChI=1S/C16H21N3O2/c1-10-7-11(2)15(13(21)8-10)12-5-6-14(19-18-12)17-16(3,4)9-20/h5-8,20-21H,9H2,1-4H3,(H,17,19). The Morgan fingerprint density at radius 1 is 1.14 bits per heavy atom. The highest BCUT2D eigenvalue weighted by atomic mass is 16.3. The van der Waals surface area contributed by atoms with Gasteiger partial charge in [0.25, 0.3) is 0 Å². The van der Waals surface area contributed by atoms with Crippen molar-refractivity contribution in [3.8, 4) is 17.0 Å². The van der Waals surface area contributed by atoms with Crippen LogP contribution in [0.3, 0.4) is 0 Å². The fraction of sp³-hybridized carbons (Fsp3) is 0.375. The summed E-state index contributed by atoms with van der Waals surface area (Å²) in [5.41, 5.74) is 2.82. The van der Waals surface area contributed by atoms with Gasteiger partial charge in [0.1, 0.15) is 11.6 Å². The number of benzene rings is 1. The Kier molecular flexibility index (Phi) is 4.14. The van der Waals surface area contributed by atoms with Crippen molar-refractivity contribution in [3.63, 3.8) is 0 Å². The maximum absolute atomic E-state index is 10.1. The summed E-state index contributed by atoms with van der Waals surface area (Å²) in [5.74, 6) is 0.792. The van der Waals surface area contributed by atoms with Gasteiger partial charge < -0.3 is 15.5 Å². The van der Waals surface area contributed by atoms with Gasteiger partial charge in [-0.2, -0.15) is 0 Å². The normalized spacial score (nSPS) is 11.5. The first-order valence-corrected chi connectivity index (χ1v) is 6.86. The van der Waals surface area contributed by atoms with Crippen molar-refractivity contribution in [2.45, 2.75) is 33.2 Å². The zero-order valence-electron chi connectivity index (χ0n) is 12.8. The lowest BCUT2D eigenvalue weighted by Crippen LogP contribution is -2.35. The molecule has 0 unspecified atom stereocenters. The molecular weight excluding hydrogens is 266 g/mol. The minimum atomic E-state index is -0.460. The largest absolute Gasteiger partial charge is 0.507 e. The van der Waals surface area contributed by atoms with E-state index < -0.39 is 5.54 Å². The van der Waals surface area contributed by atoms with E-state index in [-0.39, 0.29) is 12.4 Å². The molecule has 5 nitrogen and oxygen atoms in total. The number of nitrogens with zero attached hydrogens (tertiary/aromatic N) is 2. The molecular formula is C16H21N3O2. The van der Waals surface area contributed by atoms with E-state index in [1.165, 1.54) is 0 Å². The first kappa shape index (κ1) is 15.3. The summed E-state index contributed by atoms with van der Waals surface area (Å²) in [6.07, 6.45) is 0. The third-order valence-corrected chi connectivity index (χ3v) is 3.24. The van der Waals surface area contributed by atoms with Crippen molar-refractivity contribution in [1.82, 2.24) is 10.2 Å². The Morgan fingerprint density at radius 2 is 1.86 bits per heavy atom. The summed E-state index contributed by atoms with van der Waals surface area (Å²) in [6.45, 7) is 7.61. The number of aromatic hydroxyl groups is 1. The van der Waals surface area contributed by atoms with Crippen molar-refractivity contribution in [3.05, 3.63) is 35.4 Å². The van der Waals surface area contributed by atoms with Crippen LogP contribution in [0.1, 0.15) is 25.0 Å². The minimum Gasteiger partial charge on any atom is -0.507 e. The van der Waals surface area contributed by atoms with Crippen molar-refractivity contribution in [1.29, 1.82) is 0 Å². The van der Waals surface area contributed by atoms with Crippen LogP contribution in [0.15, 0.2) is 24.3 Å². The van der Waals surface area contributed by atoms with Gasteiger partial charge in [-0.1, -0.05) is 6.07 Å². The van der Waals surface area contributed by atoms with E-state index in [1.807, 2.05) is 33.8 Å². The minimum absolute atomic E-state index is 0.00566. The van der Waals surface area contributed by atoms with E-state index in [0.29, 0.717) is 17.1 Å². The highest BCUT2D eigenvalue weighted by molar-refractivity contribution is 5.71. The van der Waals surface area contributed by atoms with Crippen LogP contribution >= 0.6 is 0 Å². The van der Waals surface area contributed by atoms with Gasteiger partial charge >= 0.3 is 0 Å². The Bertz CT molecular complexity index is 613. The summed E-state index contributed by atoms with van der Waals surface area (Å²) in [4.78, 5) is 0. The molecule has 0 aliphatic rings. The summed E-state index contributed by atoms with van der Waals surface area (Å²) in [5, 5.41) is 30.7. The molecule has 0 saturated heterocycles. The van der Waals surface area contributed by atoms with Crippen molar-refractivity contribution in [2.24, 2.45) is 0 Å². The van der Waals surface area contributed by atoms with E-state index in [2.05, 4.69) is 15.5 Å². The molecule has 5 heteroatoms. The predicted molar refractivity (Wildman–Crippen MR) is 83.4 cm³/mol. The molecule has 1 aromatic carbocycles. The van der Waals surface area contributed by atoms with Crippen molar-refractivity contribution >= 4 is 5.82 Å². The Morgan fingerprint density at radius 3 is 2.38 bits per heavy atom. The third-order valence-electron chi connectivity index (χ3n) is 3.24. The van der Waals surface area contributed by atoms with Gasteiger partial charge in [0.05, 0.1) is 17.8 Å². The molecule has 0 radical (unpaired) electrons. The number of anilines is 1. The lowest BCUT2D eigenvalue weighted by molar-refractivity contribution is 0.234. The molecule has 2 aromatic rings. The van der Waals surface area contributed by atoms with Crippen molar-refractivity contribution in [2.75, 3.05) is 11.9 Å². The van der Waals surface area contributed by atoms with Crippen LogP contribution < -0.4 is 5.32 Å². The number of aliphatic hydroxyl groups excluding tert-OH is 1. The molecule has 112 valence electrons. The van der Waals surface area contributed by atoms with E-state index >= 15 is 0 Å². The van der Waals surface area contributed by atoms with Crippen LogP contribution in [0.5, 0.6) is 5.75 Å². The fourth-order valence-corrected chi connectivity index (χ4v) is 2.20. The third kappa shape index (κ3) is 3.49. The van der Waals surface area contributed by atoms with E-state index in [4.69, 9.17) is 0 Å². The number of aliphatic hydroxyl groups is 1. The molecule has 0 atom stereocenters. The Labute approximate surface area is 124 Å². The molecule has 1 heterocycles. The van der Waals surface area contributed by atoms with Crippen LogP contribution in [-0.4, -0.2) is 32.6 Å². The molecule has 0 fully saturated rings. The van der Waals surface area contributed by atoms with E-state index in [0.717, 1.165) is 11.1 Å². The molecule has 0 saturated carbocycles. The second kappa shape index (κ2) is 5.69. The van der Waals surface area contributed by atoms with Gasteiger partial charge in [-0.3, -0.25) is 0 Å². The molecule has 21 heavy (non-hydrogen) atoms. The lowest BCUT2D eigenvalue weighted by atomic mass is 10.0. The topological polar surface area (TPSA) is 78.3 Å². The Balaban J connectivity index is 2.32. The maximum Gasteiger partial charge on any atom is 0.149 e. The van der Waals surface area contributed by atoms with Crippen molar-refractivity contribution < 1.29 is 10.2 Å². The Hall–Kier alpha value is -2.14. The number of hydrogen-bond donors (Lipinski definition) is 3. The van der Waals surface area contributed by atoms with Crippen LogP contribution in [-0.2, 0) is 0 Å². The first-order valence-electron chi connectivity index (χ1n) is 6.86. The average molecular weight is 287 g/mol. The van der Waals surface area contributed by atoms with Crippen LogP contribution in [0.25, 0.3) is 11.3 Å². The predicted octanol–water partition coefficient (Wildman–Crippen LogP) is 2.65. The van der Waals surface area contributed by atoms with Crippen LogP contribution in [0.2, 0.25) is 0 Å². The maximum atomic E-state index is 10.1. The van der Waals surface area contributed by atoms with Gasteiger partial charge in [-0.25, -0.2) is 0 Å². The van der Waals surface area contributed by atoms with Gasteiger partial charge in [-0.15, -0.1) is 10.2 Å². The molecule has 0 aliphatic heterocycles. The number of rotatable bonds is 4. The highest BCUT2D eigenvalue weighted by Crippen LogP contribution is 2.32. The van der Waals surface area contributed by atoms with E-state index in [1.54, 1.807) is 18.2 Å². The molecule has 0 amide bonds. The monoisotopic (exact) mass is 287 g/mol. The highest BCUT2D eigenvalue weighted by Gasteiger charge is 2.17. The van der Waals surface area contributed by atoms with Gasteiger partial charge in [0, 0.05) is 5.56 Å². The zero-order valence-corrected chi connectivity index (χ0v) is 12.8. The number of aryl methyl sites for hydroxylation is 2. The zero-order chi connectivity index (χ0) is 15.6. The second-order valence-electron chi connectivity index (χ2n) is 5.95. The van der Waals surface area contributed by atoms with E-state index in [9.17, 15) is 10.2 Å². The number of aromatic nitrogens is 2. The molecule has 1 aromatic heterocycles. The second-order valence-corrected chi connectivity index (χ2v) is 5.95. The molecule has 0 spiro atoms. The number of phenols is 1. The van der Waals surface area contributed by atoms with Crippen LogP contribution in [0.4, 0.5) is 5.82 Å². The summed E-state index contributed by atoms with van der Waals surface area (Å²) >= 11 is 0. The SMILES string of the molecule is Cc1cc(C)c(-c2ccc(NC(C)(C)CO)nn2)c(O)c1. The smallest absolute Gasteiger partial charge is 0.149 e. The van der Waals surface area contributed by atoms with Gasteiger partial charge in [-0.05, 0) is 57.0 Å². The lowest BCUT2D eigenvalue weighted by Gasteiger charge is -2.23. The average Bonchev–Trinajstić information content (AvgIpc) is 2.39. The van der Waals surface area contributed by atoms with Gasteiger partial charge in [0.2, 0.25) is 0 Å². The fourth-order valence-electron chi connectivity index (χ4n) is 2.20. The molecule has 0 aliphatic carbocycles. The number of hydrogen-bond acceptors (Lipinski definition) is 5. The molecule has 0 bridgehead atoms. The summed E-state index contributed by atoms with van der Waals surface area (Å²) in [6, 6.07) is 7.31. The molecule has 2 rings (SSSR count). The summed E-state index contributed by atoms with van der Waals surface area (Å²) < 4.78 is 0. The summed E-state index contributed by atoms with van der Waals surface area (Å²) in [7, 11) is 0. The quantitative estimate of drug-likeness (QED) is 0.805. The molecule has 3 N–H and O–H groups in total. The number of phenolic OH excluding ortho intramolecular Hbond substituents is 1.